The fourth-order valence-corrected chi connectivity index (χ4v) is 5.86. The van der Waals surface area contributed by atoms with E-state index in [0.717, 1.165) is 0 Å². The summed E-state index contributed by atoms with van der Waals surface area (Å²) in [7, 11) is 0. The Morgan fingerprint density at radius 3 is 2.35 bits per heavy atom. The van der Waals surface area contributed by atoms with Crippen molar-refractivity contribution in [2.75, 3.05) is 13.2 Å². The molecule has 2 aromatic carbocycles. The topological polar surface area (TPSA) is 235 Å². The molecule has 1 aliphatic heterocycles. The second-order valence-electron chi connectivity index (χ2n) is 11.1. The van der Waals surface area contributed by atoms with E-state index in [-0.39, 0.29) is 48.1 Å². The van der Waals surface area contributed by atoms with Crippen LogP contribution in [0.1, 0.15) is 75.3 Å². The predicted molar refractivity (Wildman–Crippen MR) is 145 cm³/mol. The summed E-state index contributed by atoms with van der Waals surface area (Å²) in [6.45, 7) is 0.727. The van der Waals surface area contributed by atoms with E-state index in [1.807, 2.05) is 0 Å². The maximum absolute atomic E-state index is 13.5. The number of phenols is 2. The van der Waals surface area contributed by atoms with Crippen LogP contribution in [0.4, 0.5) is 4.79 Å². The van der Waals surface area contributed by atoms with Crippen LogP contribution in [0.2, 0.25) is 0 Å². The van der Waals surface area contributed by atoms with E-state index in [1.165, 1.54) is 12.1 Å². The van der Waals surface area contributed by atoms with E-state index in [1.54, 1.807) is 19.1 Å². The highest BCUT2D eigenvalue weighted by molar-refractivity contribution is 6.30. The highest BCUT2D eigenvalue weighted by Crippen LogP contribution is 2.51. The van der Waals surface area contributed by atoms with Crippen LogP contribution in [0, 0.1) is 0 Å². The second-order valence-corrected chi connectivity index (χ2v) is 11.1. The minimum atomic E-state index is -1.92. The Hall–Kier alpha value is -4.08. The number of benzene rings is 2. The van der Waals surface area contributed by atoms with Crippen LogP contribution >= 0.6 is 0 Å². The van der Waals surface area contributed by atoms with Gasteiger partial charge in [0.25, 0.3) is 0 Å². The van der Waals surface area contributed by atoms with Gasteiger partial charge in [0, 0.05) is 54.1 Å². The fourth-order valence-electron chi connectivity index (χ4n) is 5.86. The number of phenolic OH excluding ortho intramolecular Hbond substituents is 2. The third-order valence-electron chi connectivity index (χ3n) is 8.00. The maximum atomic E-state index is 13.5. The molecule has 1 saturated heterocycles. The van der Waals surface area contributed by atoms with Crippen LogP contribution in [0.15, 0.2) is 24.3 Å². The van der Waals surface area contributed by atoms with Crippen molar-refractivity contribution in [3.8, 4) is 11.5 Å². The molecule has 1 unspecified atom stereocenters. The number of nitrogens with two attached hydrogens (primary N) is 1. The monoisotopic (exact) mass is 600 g/mol. The maximum Gasteiger partial charge on any atom is 0.407 e. The number of carbonyl (C=O) groups is 4. The molecule has 0 spiro atoms. The molecule has 0 bridgehead atoms. The van der Waals surface area contributed by atoms with Crippen LogP contribution in [0.3, 0.4) is 0 Å². The van der Waals surface area contributed by atoms with Crippen molar-refractivity contribution in [1.29, 1.82) is 0 Å². The molecule has 14 heteroatoms. The summed E-state index contributed by atoms with van der Waals surface area (Å²) in [6, 6.07) is 5.25. The van der Waals surface area contributed by atoms with E-state index in [2.05, 4.69) is 5.32 Å². The van der Waals surface area contributed by atoms with Crippen LogP contribution < -0.4 is 11.1 Å². The van der Waals surface area contributed by atoms with Gasteiger partial charge in [-0.2, -0.15) is 0 Å². The molecule has 0 aromatic heterocycles. The van der Waals surface area contributed by atoms with Crippen LogP contribution in [0.5, 0.6) is 11.5 Å². The number of hydrogen-bond acceptors (Lipinski definition) is 12. The number of alkyl carbamates (subject to hydrolysis) is 1. The molecule has 14 nitrogen and oxygen atoms in total. The molecule has 6 atom stereocenters. The normalized spacial score (nSPS) is 28.0. The molecular weight excluding hydrogens is 568 g/mol. The molecule has 230 valence electrons. The number of carboxylic acid groups (broad SMARTS) is 1. The van der Waals surface area contributed by atoms with Crippen molar-refractivity contribution in [1.82, 2.24) is 5.32 Å². The zero-order valence-corrected chi connectivity index (χ0v) is 23.1. The lowest BCUT2D eigenvalue weighted by Gasteiger charge is -2.42. The van der Waals surface area contributed by atoms with Gasteiger partial charge in [0.15, 0.2) is 17.9 Å². The van der Waals surface area contributed by atoms with Crippen molar-refractivity contribution in [3.05, 3.63) is 57.6 Å². The molecule has 2 aromatic rings. The third-order valence-corrected chi connectivity index (χ3v) is 8.00. The van der Waals surface area contributed by atoms with Gasteiger partial charge in [-0.25, -0.2) is 4.79 Å². The number of rotatable bonds is 7. The average molecular weight is 601 g/mol. The predicted octanol–water partition coefficient (Wildman–Crippen LogP) is 0.632. The number of ether oxygens (including phenoxy) is 3. The average Bonchev–Trinajstić information content (AvgIpc) is 2.95. The molecule has 2 aliphatic carbocycles. The number of aliphatic carboxylic acids is 1. The zero-order chi connectivity index (χ0) is 31.2. The summed E-state index contributed by atoms with van der Waals surface area (Å²) in [6.07, 6.45) is -6.07. The second kappa shape index (κ2) is 11.5. The zero-order valence-electron chi connectivity index (χ0n) is 23.1. The van der Waals surface area contributed by atoms with Crippen molar-refractivity contribution in [3.63, 3.8) is 0 Å². The van der Waals surface area contributed by atoms with Gasteiger partial charge in [0.2, 0.25) is 0 Å². The minimum Gasteiger partial charge on any atom is -0.507 e. The lowest BCUT2D eigenvalue weighted by Crippen LogP contribution is -2.52. The van der Waals surface area contributed by atoms with E-state index >= 15 is 0 Å². The summed E-state index contributed by atoms with van der Waals surface area (Å²) in [4.78, 5) is 49.8. The number of hydrogen-bond donors (Lipinski definition) is 7. The number of ketones is 2. The van der Waals surface area contributed by atoms with Crippen molar-refractivity contribution < 1.29 is 58.9 Å². The molecule has 8 N–H and O–H groups in total. The van der Waals surface area contributed by atoms with Gasteiger partial charge in [-0.15, -0.1) is 0 Å². The van der Waals surface area contributed by atoms with Crippen LogP contribution in [-0.4, -0.2) is 92.5 Å². The Morgan fingerprint density at radius 2 is 1.74 bits per heavy atom. The number of aliphatic hydroxyl groups excluding tert-OH is 1. The van der Waals surface area contributed by atoms with Gasteiger partial charge in [0.05, 0.1) is 35.9 Å². The largest absolute Gasteiger partial charge is 0.507 e. The number of aromatic hydroxyl groups is 2. The van der Waals surface area contributed by atoms with Gasteiger partial charge in [-0.1, -0.05) is 24.3 Å². The van der Waals surface area contributed by atoms with Gasteiger partial charge < -0.3 is 50.8 Å². The van der Waals surface area contributed by atoms with Crippen molar-refractivity contribution in [2.45, 2.75) is 68.9 Å². The summed E-state index contributed by atoms with van der Waals surface area (Å²) in [5.41, 5.74) is 3.23. The third kappa shape index (κ3) is 5.67. The number of fused-ring (bicyclic) bond motifs is 3. The van der Waals surface area contributed by atoms with Gasteiger partial charge in [-0.05, 0) is 6.92 Å². The van der Waals surface area contributed by atoms with Gasteiger partial charge in [0.1, 0.15) is 23.7 Å². The van der Waals surface area contributed by atoms with Crippen LogP contribution in [0.25, 0.3) is 0 Å². The molecule has 1 fully saturated rings. The number of carbonyl (C=O) groups excluding carboxylic acids is 3. The molecule has 3 aliphatic rings. The van der Waals surface area contributed by atoms with E-state index < -0.39 is 95.5 Å². The molecular formula is C29H32N2O12. The summed E-state index contributed by atoms with van der Waals surface area (Å²) in [5.74, 6) is -3.77. The highest BCUT2D eigenvalue weighted by atomic mass is 16.7. The van der Waals surface area contributed by atoms with Gasteiger partial charge >= 0.3 is 12.1 Å². The first kappa shape index (κ1) is 30.4. The number of carboxylic acids is 1. The summed E-state index contributed by atoms with van der Waals surface area (Å²) < 4.78 is 17.0. The first-order chi connectivity index (χ1) is 20.3. The standard InChI is InChI=1S/C29H32N2O12/c1-12-23(34)16(30)8-19(42-12)43-17-10-29(40,11-41-28(39)31-7-6-18(32)33)9-15-20(17)27(38)22-21(26(15)37)24(35)13-4-2-3-5-14(13)25(22)36/h2-5,12,16-17,19,23,34,37-38,40H,6-11,30H2,1H3,(H,31,39)(H,32,33)/t12-,16+,17+,19+,23+,29?/m1/s1. The van der Waals surface area contributed by atoms with Crippen molar-refractivity contribution >= 4 is 23.6 Å². The molecule has 0 radical (unpaired) electrons. The molecule has 1 amide bonds. The minimum absolute atomic E-state index is 0.0285. The quantitative estimate of drug-likeness (QED) is 0.185. The van der Waals surface area contributed by atoms with E-state index in [9.17, 15) is 39.6 Å². The lowest BCUT2D eigenvalue weighted by molar-refractivity contribution is -0.248. The van der Waals surface area contributed by atoms with Crippen LogP contribution in [-0.2, 0) is 25.4 Å². The van der Waals surface area contributed by atoms with Crippen molar-refractivity contribution in [2.24, 2.45) is 5.73 Å². The Balaban J connectivity index is 1.53. The molecule has 1 heterocycles. The first-order valence-electron chi connectivity index (χ1n) is 13.7. The number of nitrogens with one attached hydrogen (secondary N) is 1. The molecule has 43 heavy (non-hydrogen) atoms. The Bertz CT molecular complexity index is 1480. The molecule has 5 rings (SSSR count). The Morgan fingerprint density at radius 1 is 1.12 bits per heavy atom. The van der Waals surface area contributed by atoms with E-state index in [4.69, 9.17) is 25.1 Å². The fraction of sp³-hybridized carbons (Fsp3) is 0.448. The smallest absolute Gasteiger partial charge is 0.407 e. The molecule has 0 saturated carbocycles. The first-order valence-corrected chi connectivity index (χ1v) is 13.7. The Kier molecular flexibility index (Phi) is 8.15. The summed E-state index contributed by atoms with van der Waals surface area (Å²) >= 11 is 0. The number of aliphatic hydroxyl groups is 2. The summed E-state index contributed by atoms with van der Waals surface area (Å²) in [5, 5.41) is 55.7. The number of amides is 1. The Labute approximate surface area is 245 Å². The highest BCUT2D eigenvalue weighted by Gasteiger charge is 2.48. The lowest BCUT2D eigenvalue weighted by atomic mass is 9.73. The SMILES string of the molecule is C[C@H]1O[C@@H](O[C@H]2CC(O)(COC(=O)NCCC(=O)O)Cc3c(O)c4c(c(O)c32)C(=O)c2ccccc2C4=O)C[C@H](N)[C@H]1O. The van der Waals surface area contributed by atoms with Gasteiger partial charge in [-0.3, -0.25) is 14.4 Å². The van der Waals surface area contributed by atoms with E-state index in [0.29, 0.717) is 0 Å².